The number of quaternary nitrogens is 1. The molecule has 4 aliphatic carbocycles. The number of unbranched alkanes of at least 4 members (excludes halogenated alkanes) is 1. The number of nitrogens with one attached hydrogen (secondary N) is 1. The summed E-state index contributed by atoms with van der Waals surface area (Å²) in [5.41, 5.74) is -6.43. The quantitative estimate of drug-likeness (QED) is 0.120. The van der Waals surface area contributed by atoms with Crippen LogP contribution in [-0.2, 0) is 28.6 Å². The van der Waals surface area contributed by atoms with Crippen LogP contribution in [0.1, 0.15) is 100 Å². The monoisotopic (exact) mass is 647 g/mol. The zero-order chi connectivity index (χ0) is 34.3. The van der Waals surface area contributed by atoms with Gasteiger partial charge in [-0.25, -0.2) is 0 Å². The number of Topliss-reactive ketones (excluding diaryl/α,β-unsaturated/α-hetero) is 1. The summed E-state index contributed by atoms with van der Waals surface area (Å²) in [7, 11) is 0. The lowest BCUT2D eigenvalue weighted by atomic mass is 9.59. The second-order valence-corrected chi connectivity index (χ2v) is 15.9. The van der Waals surface area contributed by atoms with Crippen LogP contribution in [0, 0.1) is 34.3 Å². The number of aliphatic hydroxyl groups excluding tert-OH is 1. The molecule has 2 saturated carbocycles. The van der Waals surface area contributed by atoms with Gasteiger partial charge in [0.2, 0.25) is 5.72 Å². The summed E-state index contributed by atoms with van der Waals surface area (Å²) in [6, 6.07) is 0. The predicted molar refractivity (Wildman–Crippen MR) is 167 cm³/mol. The molecule has 0 radical (unpaired) electrons. The second kappa shape index (κ2) is 11.5. The highest BCUT2D eigenvalue weighted by molar-refractivity contribution is 6.04. The van der Waals surface area contributed by atoms with E-state index in [9.17, 15) is 34.9 Å². The summed E-state index contributed by atoms with van der Waals surface area (Å²) in [6.07, 6.45) is 5.11. The number of hydrogen-bond acceptors (Lipinski definition) is 10. The molecule has 2 unspecified atom stereocenters. The van der Waals surface area contributed by atoms with Crippen LogP contribution in [-0.4, -0.2) is 80.4 Å². The van der Waals surface area contributed by atoms with Gasteiger partial charge in [-0.3, -0.25) is 14.4 Å². The Hall–Kier alpha value is -2.15. The standard InChI is InChI=1S/C35H53NO10/c1-9-13-32(36(43)30(5,6)19-44-32)14-11-10-12-26(39)45-29-21(3)34(42)24(27-31(7,8)35(27,29)46-22(4)38)16-23(18-37)17-33(41)25(34)15-20(2)28(33)40/h15-16,21,24-25,27,29,36-37,41-42H,9-14,17-19H2,1-8H3/t21-,24+,25-,27-,29-,32?,33-,34-,35-/m1/s1. The van der Waals surface area contributed by atoms with Crippen molar-refractivity contribution in [1.29, 1.82) is 0 Å². The third-order valence-electron chi connectivity index (χ3n) is 12.1. The maximum absolute atomic E-state index is 13.6. The van der Waals surface area contributed by atoms with E-state index in [1.807, 2.05) is 34.6 Å². The average molecular weight is 648 g/mol. The number of hydroxylamine groups is 2. The van der Waals surface area contributed by atoms with Crippen molar-refractivity contribution in [3.05, 3.63) is 28.5 Å². The van der Waals surface area contributed by atoms with Crippen molar-refractivity contribution in [3.63, 3.8) is 0 Å². The van der Waals surface area contributed by atoms with Gasteiger partial charge in [-0.15, -0.1) is 0 Å². The Balaban J connectivity index is 1.42. The Morgan fingerprint density at radius 2 is 1.80 bits per heavy atom. The number of fused-ring (bicyclic) bond motifs is 5. The van der Waals surface area contributed by atoms with Crippen molar-refractivity contribution in [1.82, 2.24) is 0 Å². The molecule has 11 nitrogen and oxygen atoms in total. The van der Waals surface area contributed by atoms with Gasteiger partial charge in [0, 0.05) is 61.7 Å². The largest absolute Gasteiger partial charge is 0.632 e. The lowest BCUT2D eigenvalue weighted by Gasteiger charge is -2.53. The fourth-order valence-electron chi connectivity index (χ4n) is 9.91. The molecule has 1 heterocycles. The van der Waals surface area contributed by atoms with Crippen molar-refractivity contribution in [2.45, 2.75) is 135 Å². The first-order valence-corrected chi connectivity index (χ1v) is 16.9. The summed E-state index contributed by atoms with van der Waals surface area (Å²) in [6.45, 7) is 14.2. The Morgan fingerprint density at radius 3 is 2.37 bits per heavy atom. The number of esters is 2. The molecule has 5 rings (SSSR count). The SMILES string of the molecule is CCCC1(CCCCC(=O)O[C@@H]2[C@@H](C)[C@@]3(O)[C@@H](C=C(CO)C[C@]4(O)C(=O)C(C)=C[C@@H]34)[C@@H]3C(C)(C)[C@]23OC(C)=O)OCC(C)(C)[NH+]1[O-]. The lowest BCUT2D eigenvalue weighted by molar-refractivity contribution is -0.950. The molecule has 46 heavy (non-hydrogen) atoms. The van der Waals surface area contributed by atoms with E-state index in [2.05, 4.69) is 0 Å². The summed E-state index contributed by atoms with van der Waals surface area (Å²) in [4.78, 5) is 39.5. The summed E-state index contributed by atoms with van der Waals surface area (Å²) in [5, 5.41) is 48.2. The van der Waals surface area contributed by atoms with Crippen molar-refractivity contribution in [2.24, 2.45) is 29.1 Å². The predicted octanol–water partition coefficient (Wildman–Crippen LogP) is 2.30. The number of rotatable bonds is 10. The maximum Gasteiger partial charge on any atom is 0.306 e. The van der Waals surface area contributed by atoms with Crippen LogP contribution in [0.3, 0.4) is 0 Å². The number of ether oxygens (including phenoxy) is 3. The Bertz CT molecular complexity index is 1340. The minimum Gasteiger partial charge on any atom is -0.632 e. The van der Waals surface area contributed by atoms with Gasteiger partial charge in [0.1, 0.15) is 23.9 Å². The van der Waals surface area contributed by atoms with E-state index in [1.165, 1.54) is 6.92 Å². The van der Waals surface area contributed by atoms with E-state index in [-0.39, 0.29) is 17.9 Å². The number of carbonyl (C=O) groups is 3. The molecule has 0 amide bonds. The number of aliphatic hydroxyl groups is 3. The van der Waals surface area contributed by atoms with E-state index < -0.39 is 87.6 Å². The molecule has 0 aromatic rings. The Labute approximate surface area is 271 Å². The topological polar surface area (TPSA) is 167 Å². The second-order valence-electron chi connectivity index (χ2n) is 15.9. The van der Waals surface area contributed by atoms with Crippen LogP contribution >= 0.6 is 0 Å². The van der Waals surface area contributed by atoms with Crippen molar-refractivity contribution in [3.8, 4) is 0 Å². The molecule has 0 spiro atoms. The van der Waals surface area contributed by atoms with Gasteiger partial charge in [-0.05, 0) is 51.2 Å². The van der Waals surface area contributed by atoms with Crippen LogP contribution in [0.2, 0.25) is 0 Å². The van der Waals surface area contributed by atoms with Gasteiger partial charge in [-0.2, -0.15) is 0 Å². The molecule has 258 valence electrons. The molecule has 0 bridgehead atoms. The summed E-state index contributed by atoms with van der Waals surface area (Å²) < 4.78 is 18.4. The third-order valence-corrected chi connectivity index (χ3v) is 12.1. The van der Waals surface area contributed by atoms with E-state index in [4.69, 9.17) is 14.2 Å². The lowest BCUT2D eigenvalue weighted by Crippen LogP contribution is -3.20. The molecule has 10 atom stereocenters. The van der Waals surface area contributed by atoms with Gasteiger partial charge in [0.15, 0.2) is 11.4 Å². The van der Waals surface area contributed by atoms with E-state index >= 15 is 0 Å². The van der Waals surface area contributed by atoms with Crippen LogP contribution in [0.5, 0.6) is 0 Å². The van der Waals surface area contributed by atoms with Gasteiger partial charge >= 0.3 is 11.9 Å². The molecular formula is C35H53NO10. The van der Waals surface area contributed by atoms with Gasteiger partial charge in [-0.1, -0.05) is 39.8 Å². The minimum absolute atomic E-state index is 0.0472. The first-order valence-electron chi connectivity index (χ1n) is 16.9. The third kappa shape index (κ3) is 4.86. The van der Waals surface area contributed by atoms with E-state index in [0.29, 0.717) is 43.4 Å². The van der Waals surface area contributed by atoms with Crippen LogP contribution in [0.15, 0.2) is 23.3 Å². The zero-order valence-corrected chi connectivity index (χ0v) is 28.6. The number of hydrogen-bond donors (Lipinski definition) is 4. The molecule has 1 aliphatic heterocycles. The summed E-state index contributed by atoms with van der Waals surface area (Å²) >= 11 is 0. The molecular weight excluding hydrogens is 594 g/mol. The van der Waals surface area contributed by atoms with E-state index in [0.717, 1.165) is 6.42 Å². The highest BCUT2D eigenvalue weighted by Gasteiger charge is 2.87. The van der Waals surface area contributed by atoms with Crippen molar-refractivity contribution < 1.29 is 49.0 Å². The van der Waals surface area contributed by atoms with Gasteiger partial charge < -0.3 is 39.8 Å². The molecule has 1 saturated heterocycles. The smallest absolute Gasteiger partial charge is 0.306 e. The zero-order valence-electron chi connectivity index (χ0n) is 28.6. The Morgan fingerprint density at radius 1 is 1.13 bits per heavy atom. The first-order chi connectivity index (χ1) is 21.3. The highest BCUT2D eigenvalue weighted by Crippen LogP contribution is 2.77. The van der Waals surface area contributed by atoms with Crippen LogP contribution < -0.4 is 5.06 Å². The fourth-order valence-corrected chi connectivity index (χ4v) is 9.91. The van der Waals surface area contributed by atoms with Gasteiger partial charge in [0.25, 0.3) is 0 Å². The number of ketones is 1. The molecule has 3 fully saturated rings. The molecule has 0 aromatic heterocycles. The molecule has 0 aromatic carbocycles. The van der Waals surface area contributed by atoms with Crippen molar-refractivity contribution >= 4 is 17.7 Å². The van der Waals surface area contributed by atoms with Gasteiger partial charge in [0.05, 0.1) is 12.2 Å². The minimum atomic E-state index is -1.98. The fraction of sp³-hybridized carbons (Fsp3) is 0.800. The normalized spacial score (nSPS) is 43.4. The molecule has 11 heteroatoms. The number of carbonyl (C=O) groups excluding carboxylic acids is 3. The molecule has 4 N–H and O–H groups in total. The van der Waals surface area contributed by atoms with Crippen LogP contribution in [0.25, 0.3) is 0 Å². The average Bonchev–Trinajstić information content (AvgIpc) is 3.28. The first kappa shape index (κ1) is 35.2. The highest BCUT2D eigenvalue weighted by atomic mass is 16.6. The van der Waals surface area contributed by atoms with Crippen LogP contribution in [0.4, 0.5) is 0 Å². The van der Waals surface area contributed by atoms with Crippen molar-refractivity contribution in [2.75, 3.05) is 13.2 Å². The maximum atomic E-state index is 13.6. The van der Waals surface area contributed by atoms with E-state index in [1.54, 1.807) is 26.0 Å². The molecule has 5 aliphatic rings. The Kier molecular flexibility index (Phi) is 8.78. The summed E-state index contributed by atoms with van der Waals surface area (Å²) in [5.74, 6) is -4.75.